The Balaban J connectivity index is 1.88. The van der Waals surface area contributed by atoms with Gasteiger partial charge in [-0.1, -0.05) is 29.8 Å². The fourth-order valence-electron chi connectivity index (χ4n) is 2.31. The zero-order chi connectivity index (χ0) is 18.0. The molecule has 0 spiro atoms. The Kier molecular flexibility index (Phi) is 4.81. The average molecular weight is 363 g/mol. The Morgan fingerprint density at radius 2 is 1.96 bits per heavy atom. The molecule has 0 aliphatic heterocycles. The molecule has 0 unspecified atom stereocenters. The minimum atomic E-state index is -0.746. The van der Waals surface area contributed by atoms with Crippen molar-refractivity contribution in [3.63, 3.8) is 0 Å². The van der Waals surface area contributed by atoms with Crippen LogP contribution in [0.5, 0.6) is 5.88 Å². The average Bonchev–Trinajstić information content (AvgIpc) is 2.58. The number of nitrogens with zero attached hydrogens (tertiary/aromatic N) is 2. The number of aromatic nitrogens is 2. The summed E-state index contributed by atoms with van der Waals surface area (Å²) >= 11 is 6.06. The molecule has 4 nitrogen and oxygen atoms in total. The number of aryl methyl sites for hydroxylation is 1. The normalized spacial score (nSPS) is 10.7. The summed E-state index contributed by atoms with van der Waals surface area (Å²) in [6.07, 6.45) is 1.30. The number of hydrogen-bond donors (Lipinski definition) is 0. The summed E-state index contributed by atoms with van der Waals surface area (Å²) in [4.78, 5) is 16.5. The second kappa shape index (κ2) is 7.03. The number of hydrogen-bond acceptors (Lipinski definition) is 3. The highest BCUT2D eigenvalue weighted by molar-refractivity contribution is 6.31. The topological polar surface area (TPSA) is 44.1 Å². The Bertz CT molecular complexity index is 989. The molecule has 0 saturated carbocycles. The van der Waals surface area contributed by atoms with Crippen LogP contribution in [0.2, 0.25) is 5.02 Å². The quantitative estimate of drug-likeness (QED) is 0.703. The molecule has 1 aromatic heterocycles. The molecule has 3 rings (SSSR count). The Morgan fingerprint density at radius 1 is 1.20 bits per heavy atom. The third-order valence-corrected chi connectivity index (χ3v) is 3.96. The van der Waals surface area contributed by atoms with Crippen molar-refractivity contribution in [2.75, 3.05) is 0 Å². The molecule has 0 fully saturated rings. The maximum Gasteiger partial charge on any atom is 0.280 e. The zero-order valence-corrected chi connectivity index (χ0v) is 13.9. The second-order valence-corrected chi connectivity index (χ2v) is 5.73. The summed E-state index contributed by atoms with van der Waals surface area (Å²) in [7, 11) is 0. The molecular weight excluding hydrogens is 350 g/mol. The molecule has 2 aromatic carbocycles. The molecule has 0 atom stereocenters. The first-order valence-electron chi connectivity index (χ1n) is 7.37. The first kappa shape index (κ1) is 17.1. The van der Waals surface area contributed by atoms with Gasteiger partial charge in [0.1, 0.15) is 24.6 Å². The van der Waals surface area contributed by atoms with Crippen LogP contribution < -0.4 is 10.3 Å². The SMILES string of the molecule is Cc1ccccc1-n1cnc(OCc2ccc(F)cc2F)c(Cl)c1=O. The maximum absolute atomic E-state index is 13.6. The Labute approximate surface area is 147 Å². The van der Waals surface area contributed by atoms with Gasteiger partial charge < -0.3 is 4.74 Å². The van der Waals surface area contributed by atoms with E-state index in [1.807, 2.05) is 19.1 Å². The van der Waals surface area contributed by atoms with Crippen molar-refractivity contribution in [1.82, 2.24) is 9.55 Å². The van der Waals surface area contributed by atoms with Gasteiger partial charge in [-0.2, -0.15) is 0 Å². The Morgan fingerprint density at radius 3 is 2.68 bits per heavy atom. The number of halogens is 3. The van der Waals surface area contributed by atoms with Crippen molar-refractivity contribution in [3.8, 4) is 11.6 Å². The summed E-state index contributed by atoms with van der Waals surface area (Å²) in [5.41, 5.74) is 1.16. The van der Waals surface area contributed by atoms with Gasteiger partial charge in [0.2, 0.25) is 5.88 Å². The number of rotatable bonds is 4. The second-order valence-electron chi connectivity index (χ2n) is 5.35. The van der Waals surface area contributed by atoms with Gasteiger partial charge in [0.15, 0.2) is 5.02 Å². The van der Waals surface area contributed by atoms with Crippen LogP contribution >= 0.6 is 11.6 Å². The fraction of sp³-hybridized carbons (Fsp3) is 0.111. The van der Waals surface area contributed by atoms with E-state index in [9.17, 15) is 13.6 Å². The lowest BCUT2D eigenvalue weighted by atomic mass is 10.2. The molecule has 1 heterocycles. The van der Waals surface area contributed by atoms with Gasteiger partial charge in [0.25, 0.3) is 5.56 Å². The third-order valence-electron chi connectivity index (χ3n) is 3.64. The van der Waals surface area contributed by atoms with Gasteiger partial charge in [-0.25, -0.2) is 13.8 Å². The van der Waals surface area contributed by atoms with Crippen LogP contribution in [-0.2, 0) is 6.61 Å². The molecular formula is C18H13ClF2N2O2. The molecule has 3 aromatic rings. The van der Waals surface area contributed by atoms with E-state index >= 15 is 0 Å². The highest BCUT2D eigenvalue weighted by Gasteiger charge is 2.14. The summed E-state index contributed by atoms with van der Waals surface area (Å²) in [5.74, 6) is -1.54. The standard InChI is InChI=1S/C18H13ClF2N2O2/c1-11-4-2-3-5-15(11)23-10-22-17(16(19)18(23)24)25-9-12-6-7-13(20)8-14(12)21/h2-8,10H,9H2,1H3. The van der Waals surface area contributed by atoms with E-state index in [1.54, 1.807) is 12.1 Å². The van der Waals surface area contributed by atoms with Gasteiger partial charge in [0.05, 0.1) is 5.69 Å². The van der Waals surface area contributed by atoms with E-state index < -0.39 is 17.2 Å². The van der Waals surface area contributed by atoms with Crippen LogP contribution in [0.3, 0.4) is 0 Å². The van der Waals surface area contributed by atoms with Crippen LogP contribution in [0.4, 0.5) is 8.78 Å². The Hall–Kier alpha value is -2.73. The van der Waals surface area contributed by atoms with E-state index in [0.717, 1.165) is 17.7 Å². The molecule has 25 heavy (non-hydrogen) atoms. The van der Waals surface area contributed by atoms with Crippen LogP contribution in [0.25, 0.3) is 5.69 Å². The first-order chi connectivity index (χ1) is 12.0. The molecule has 0 N–H and O–H groups in total. The molecule has 0 radical (unpaired) electrons. The lowest BCUT2D eigenvalue weighted by Gasteiger charge is -2.11. The van der Waals surface area contributed by atoms with E-state index in [0.29, 0.717) is 5.69 Å². The minimum Gasteiger partial charge on any atom is -0.471 e. The highest BCUT2D eigenvalue weighted by atomic mass is 35.5. The van der Waals surface area contributed by atoms with Crippen LogP contribution in [0.1, 0.15) is 11.1 Å². The smallest absolute Gasteiger partial charge is 0.280 e. The highest BCUT2D eigenvalue weighted by Crippen LogP contribution is 2.20. The predicted molar refractivity (Wildman–Crippen MR) is 90.3 cm³/mol. The summed E-state index contributed by atoms with van der Waals surface area (Å²) < 4.78 is 33.2. The van der Waals surface area contributed by atoms with Crippen molar-refractivity contribution in [2.45, 2.75) is 13.5 Å². The minimum absolute atomic E-state index is 0.111. The molecule has 7 heteroatoms. The summed E-state index contributed by atoms with van der Waals surface area (Å²) in [6.45, 7) is 1.63. The van der Waals surface area contributed by atoms with E-state index in [-0.39, 0.29) is 23.1 Å². The lowest BCUT2D eigenvalue weighted by molar-refractivity contribution is 0.286. The number of ether oxygens (including phenoxy) is 1. The lowest BCUT2D eigenvalue weighted by Crippen LogP contribution is -2.21. The fourth-order valence-corrected chi connectivity index (χ4v) is 2.50. The monoisotopic (exact) mass is 362 g/mol. The predicted octanol–water partition coefficient (Wildman–Crippen LogP) is 4.05. The van der Waals surface area contributed by atoms with Gasteiger partial charge in [0, 0.05) is 11.6 Å². The van der Waals surface area contributed by atoms with Crippen LogP contribution in [0.15, 0.2) is 53.6 Å². The molecule has 0 aliphatic carbocycles. The van der Waals surface area contributed by atoms with Crippen molar-refractivity contribution in [3.05, 3.63) is 86.9 Å². The number of para-hydroxylation sites is 1. The van der Waals surface area contributed by atoms with Crippen molar-refractivity contribution in [2.24, 2.45) is 0 Å². The van der Waals surface area contributed by atoms with Gasteiger partial charge in [-0.3, -0.25) is 9.36 Å². The van der Waals surface area contributed by atoms with Crippen molar-refractivity contribution < 1.29 is 13.5 Å². The third kappa shape index (κ3) is 3.53. The first-order valence-corrected chi connectivity index (χ1v) is 7.75. The molecule has 128 valence electrons. The van der Waals surface area contributed by atoms with Crippen molar-refractivity contribution >= 4 is 11.6 Å². The van der Waals surface area contributed by atoms with E-state index in [4.69, 9.17) is 16.3 Å². The van der Waals surface area contributed by atoms with Gasteiger partial charge >= 0.3 is 0 Å². The molecule has 0 bridgehead atoms. The summed E-state index contributed by atoms with van der Waals surface area (Å²) in [5, 5.41) is -0.215. The maximum atomic E-state index is 13.6. The largest absolute Gasteiger partial charge is 0.471 e. The molecule has 0 aliphatic rings. The molecule has 0 amide bonds. The molecule has 0 saturated heterocycles. The van der Waals surface area contributed by atoms with E-state index in [1.165, 1.54) is 17.0 Å². The zero-order valence-electron chi connectivity index (χ0n) is 13.2. The summed E-state index contributed by atoms with van der Waals surface area (Å²) in [6, 6.07) is 10.4. The van der Waals surface area contributed by atoms with Crippen LogP contribution in [0, 0.1) is 18.6 Å². The van der Waals surface area contributed by atoms with Crippen molar-refractivity contribution in [1.29, 1.82) is 0 Å². The number of benzene rings is 2. The van der Waals surface area contributed by atoms with Crippen LogP contribution in [-0.4, -0.2) is 9.55 Å². The van der Waals surface area contributed by atoms with Gasteiger partial charge in [-0.15, -0.1) is 0 Å². The van der Waals surface area contributed by atoms with E-state index in [2.05, 4.69) is 4.98 Å². The van der Waals surface area contributed by atoms with Gasteiger partial charge in [-0.05, 0) is 30.7 Å².